The quantitative estimate of drug-likeness (QED) is 0.289. The molecule has 1 saturated heterocycles. The van der Waals surface area contributed by atoms with Crippen LogP contribution >= 0.6 is 0 Å². The zero-order valence-corrected chi connectivity index (χ0v) is 21.0. The fourth-order valence-electron chi connectivity index (χ4n) is 4.59. The standard InChI is InChI=1S/C25H32N10O2/c1-33-10-12-34(13-11-33)20(37)5-4-19(36)27-7-2-3-9-35-25-21(23(26)30-16-31-25)22(32-35)18-14-17-6-8-28-24(17)29-15-18/h6,8,14-16H,2-5,7,9-13H2,1H3,(H,27,36)(H,28,29)(H2,26,30,31). The Bertz CT molecular complexity index is 1400. The third kappa shape index (κ3) is 5.53. The number of likely N-dealkylation sites (N-methyl/N-ethyl adjacent to an activating group) is 1. The monoisotopic (exact) mass is 504 g/mol. The van der Waals surface area contributed by atoms with Crippen molar-refractivity contribution in [3.63, 3.8) is 0 Å². The van der Waals surface area contributed by atoms with Crippen LogP contribution in [0.25, 0.3) is 33.3 Å². The zero-order valence-electron chi connectivity index (χ0n) is 21.0. The van der Waals surface area contributed by atoms with Crippen molar-refractivity contribution in [1.29, 1.82) is 0 Å². The first-order valence-corrected chi connectivity index (χ1v) is 12.6. The Kier molecular flexibility index (Phi) is 7.26. The summed E-state index contributed by atoms with van der Waals surface area (Å²) in [5.74, 6) is 0.331. The molecular formula is C25H32N10O2. The molecule has 0 aliphatic carbocycles. The molecule has 1 fully saturated rings. The number of amides is 2. The molecule has 0 spiro atoms. The van der Waals surface area contributed by atoms with Gasteiger partial charge in [0.15, 0.2) is 5.65 Å². The molecule has 1 aliphatic rings. The molecular weight excluding hydrogens is 472 g/mol. The minimum Gasteiger partial charge on any atom is -0.383 e. The maximum Gasteiger partial charge on any atom is 0.223 e. The Morgan fingerprint density at radius 2 is 1.95 bits per heavy atom. The van der Waals surface area contributed by atoms with E-state index in [1.807, 2.05) is 35.0 Å². The van der Waals surface area contributed by atoms with Crippen LogP contribution in [-0.4, -0.2) is 91.1 Å². The van der Waals surface area contributed by atoms with E-state index in [0.717, 1.165) is 55.6 Å². The summed E-state index contributed by atoms with van der Waals surface area (Å²) >= 11 is 0. The van der Waals surface area contributed by atoms with Crippen molar-refractivity contribution in [3.05, 3.63) is 30.9 Å². The molecule has 4 N–H and O–H groups in total. The number of nitrogens with one attached hydrogen (secondary N) is 2. The van der Waals surface area contributed by atoms with Crippen LogP contribution < -0.4 is 11.1 Å². The van der Waals surface area contributed by atoms with Crippen LogP contribution in [0.5, 0.6) is 0 Å². The highest BCUT2D eigenvalue weighted by Gasteiger charge is 2.20. The molecule has 0 atom stereocenters. The van der Waals surface area contributed by atoms with Crippen molar-refractivity contribution >= 4 is 39.7 Å². The lowest BCUT2D eigenvalue weighted by atomic mass is 10.1. The molecule has 0 saturated carbocycles. The second-order valence-electron chi connectivity index (χ2n) is 9.41. The molecule has 0 unspecified atom stereocenters. The van der Waals surface area contributed by atoms with E-state index >= 15 is 0 Å². The minimum atomic E-state index is -0.0949. The first-order valence-electron chi connectivity index (χ1n) is 12.6. The normalized spacial score (nSPS) is 14.5. The average Bonchev–Trinajstić information content (AvgIpc) is 3.52. The lowest BCUT2D eigenvalue weighted by Crippen LogP contribution is -2.47. The molecule has 37 heavy (non-hydrogen) atoms. The van der Waals surface area contributed by atoms with Crippen molar-refractivity contribution in [2.75, 3.05) is 45.5 Å². The number of fused-ring (bicyclic) bond motifs is 2. The number of pyridine rings is 1. The van der Waals surface area contributed by atoms with Crippen LogP contribution in [0.15, 0.2) is 30.9 Å². The summed E-state index contributed by atoms with van der Waals surface area (Å²) in [6.07, 6.45) is 7.08. The number of piperazine rings is 1. The van der Waals surface area contributed by atoms with Crippen molar-refractivity contribution in [2.24, 2.45) is 0 Å². The number of unbranched alkanes of at least 4 members (excludes halogenated alkanes) is 1. The number of carbonyl (C=O) groups is 2. The van der Waals surface area contributed by atoms with Crippen LogP contribution in [0.1, 0.15) is 25.7 Å². The molecule has 194 valence electrons. The summed E-state index contributed by atoms with van der Waals surface area (Å²) in [6.45, 7) is 4.37. The summed E-state index contributed by atoms with van der Waals surface area (Å²) in [6, 6.07) is 3.98. The Hall–Kier alpha value is -4.06. The van der Waals surface area contributed by atoms with Gasteiger partial charge in [-0.05, 0) is 32.0 Å². The predicted molar refractivity (Wildman–Crippen MR) is 140 cm³/mol. The van der Waals surface area contributed by atoms with E-state index in [1.54, 1.807) is 6.20 Å². The number of rotatable bonds is 9. The average molecular weight is 505 g/mol. The molecule has 4 aromatic rings. The highest BCUT2D eigenvalue weighted by Crippen LogP contribution is 2.31. The van der Waals surface area contributed by atoms with Crippen molar-refractivity contribution in [3.8, 4) is 11.3 Å². The number of nitrogens with two attached hydrogens (primary N) is 1. The molecule has 0 radical (unpaired) electrons. The maximum absolute atomic E-state index is 12.3. The van der Waals surface area contributed by atoms with E-state index in [1.165, 1.54) is 6.33 Å². The largest absolute Gasteiger partial charge is 0.383 e. The summed E-state index contributed by atoms with van der Waals surface area (Å²) < 4.78 is 1.83. The van der Waals surface area contributed by atoms with Crippen molar-refractivity contribution < 1.29 is 9.59 Å². The predicted octanol–water partition coefficient (Wildman–Crippen LogP) is 1.40. The molecule has 1 aliphatic heterocycles. The molecule has 2 amide bonds. The van der Waals surface area contributed by atoms with Gasteiger partial charge in [0.05, 0.1) is 5.39 Å². The van der Waals surface area contributed by atoms with E-state index < -0.39 is 0 Å². The van der Waals surface area contributed by atoms with E-state index in [2.05, 4.69) is 30.2 Å². The van der Waals surface area contributed by atoms with Crippen molar-refractivity contribution in [1.82, 2.24) is 44.8 Å². The van der Waals surface area contributed by atoms with Gasteiger partial charge in [-0.15, -0.1) is 0 Å². The third-order valence-electron chi connectivity index (χ3n) is 6.77. The van der Waals surface area contributed by atoms with Gasteiger partial charge in [0.1, 0.15) is 23.5 Å². The molecule has 12 nitrogen and oxygen atoms in total. The van der Waals surface area contributed by atoms with E-state index in [-0.39, 0.29) is 24.7 Å². The summed E-state index contributed by atoms with van der Waals surface area (Å²) in [5.41, 5.74) is 9.22. The topological polar surface area (TPSA) is 151 Å². The van der Waals surface area contributed by atoms with Gasteiger partial charge in [0, 0.05) is 75.5 Å². The van der Waals surface area contributed by atoms with E-state index in [4.69, 9.17) is 10.8 Å². The van der Waals surface area contributed by atoms with Gasteiger partial charge in [-0.25, -0.2) is 19.6 Å². The number of hydrogen-bond donors (Lipinski definition) is 3. The number of nitrogens with zero attached hydrogens (tertiary/aromatic N) is 7. The Morgan fingerprint density at radius 3 is 2.78 bits per heavy atom. The number of hydrogen-bond acceptors (Lipinski definition) is 8. The summed E-state index contributed by atoms with van der Waals surface area (Å²) in [4.78, 5) is 44.7. The van der Waals surface area contributed by atoms with Crippen LogP contribution in [-0.2, 0) is 16.1 Å². The lowest BCUT2D eigenvalue weighted by molar-refractivity contribution is -0.134. The molecule has 4 aromatic heterocycles. The number of H-pyrrole nitrogens is 1. The van der Waals surface area contributed by atoms with Gasteiger partial charge < -0.3 is 25.8 Å². The fraction of sp³-hybridized carbons (Fsp3) is 0.440. The molecule has 5 rings (SSSR count). The van der Waals surface area contributed by atoms with Gasteiger partial charge in [0.2, 0.25) is 11.8 Å². The molecule has 0 bridgehead atoms. The SMILES string of the molecule is CN1CCN(C(=O)CCC(=O)NCCCCn2nc(-c3cnc4[nH]ccc4c3)c3c(N)ncnc32)CC1. The molecule has 5 heterocycles. The third-order valence-corrected chi connectivity index (χ3v) is 6.77. The minimum absolute atomic E-state index is 0.0525. The summed E-state index contributed by atoms with van der Waals surface area (Å²) in [7, 11) is 2.05. The number of aromatic amines is 1. The molecule has 12 heteroatoms. The number of aryl methyl sites for hydroxylation is 1. The highest BCUT2D eigenvalue weighted by molar-refractivity contribution is 5.99. The second kappa shape index (κ2) is 10.9. The highest BCUT2D eigenvalue weighted by atomic mass is 16.2. The smallest absolute Gasteiger partial charge is 0.223 e. The van der Waals surface area contributed by atoms with Crippen LogP contribution in [0, 0.1) is 0 Å². The fourth-order valence-corrected chi connectivity index (χ4v) is 4.59. The second-order valence-corrected chi connectivity index (χ2v) is 9.41. The Morgan fingerprint density at radius 1 is 1.11 bits per heavy atom. The lowest BCUT2D eigenvalue weighted by Gasteiger charge is -2.32. The van der Waals surface area contributed by atoms with Crippen LogP contribution in [0.4, 0.5) is 5.82 Å². The number of nitrogen functional groups attached to an aromatic ring is 1. The number of anilines is 1. The first-order chi connectivity index (χ1) is 18.0. The van der Waals surface area contributed by atoms with Gasteiger partial charge in [-0.3, -0.25) is 9.59 Å². The first kappa shape index (κ1) is 24.6. The zero-order chi connectivity index (χ0) is 25.8. The Balaban J connectivity index is 1.13. The number of carbonyl (C=O) groups excluding carboxylic acids is 2. The summed E-state index contributed by atoms with van der Waals surface area (Å²) in [5, 5.41) is 9.40. The van der Waals surface area contributed by atoms with Gasteiger partial charge in [-0.1, -0.05) is 0 Å². The number of aromatic nitrogens is 6. The van der Waals surface area contributed by atoms with Gasteiger partial charge in [0.25, 0.3) is 0 Å². The van der Waals surface area contributed by atoms with E-state index in [0.29, 0.717) is 35.6 Å². The Labute approximate surface area is 214 Å². The van der Waals surface area contributed by atoms with Gasteiger partial charge >= 0.3 is 0 Å². The van der Waals surface area contributed by atoms with Crippen molar-refractivity contribution in [2.45, 2.75) is 32.2 Å². The van der Waals surface area contributed by atoms with Gasteiger partial charge in [-0.2, -0.15) is 5.10 Å². The maximum atomic E-state index is 12.3. The molecule has 0 aromatic carbocycles. The van der Waals surface area contributed by atoms with E-state index in [9.17, 15) is 9.59 Å². The van der Waals surface area contributed by atoms with Crippen LogP contribution in [0.2, 0.25) is 0 Å². The van der Waals surface area contributed by atoms with Crippen LogP contribution in [0.3, 0.4) is 0 Å².